The number of rotatable bonds is 2. The molecule has 78 valence electrons. The Morgan fingerprint density at radius 3 is 2.67 bits per heavy atom. The molecule has 2 rings (SSSR count). The van der Waals surface area contributed by atoms with Crippen LogP contribution in [-0.4, -0.2) is 7.11 Å². The zero-order valence-corrected chi connectivity index (χ0v) is 10.2. The minimum atomic E-state index is -0.256. The largest absolute Gasteiger partial charge is 0.496 e. The number of ether oxygens (including phenoxy) is 1. The molecule has 0 aliphatic heterocycles. The molecule has 3 heteroatoms. The first kappa shape index (κ1) is 10.5. The number of hydrogen-bond acceptors (Lipinski definition) is 2. The molecule has 1 saturated carbocycles. The summed E-state index contributed by atoms with van der Waals surface area (Å²) in [6, 6.07) is 8.35. The maximum absolute atomic E-state index is 9.22. The molecule has 0 aromatic heterocycles. The van der Waals surface area contributed by atoms with Crippen LogP contribution < -0.4 is 4.74 Å². The Morgan fingerprint density at radius 1 is 1.47 bits per heavy atom. The van der Waals surface area contributed by atoms with Gasteiger partial charge in [-0.25, -0.2) is 0 Å². The number of nitriles is 1. The summed E-state index contributed by atoms with van der Waals surface area (Å²) in [6.07, 6.45) is 3.08. The minimum absolute atomic E-state index is 0.256. The van der Waals surface area contributed by atoms with Gasteiger partial charge in [0.2, 0.25) is 0 Å². The number of hydrogen-bond donors (Lipinski definition) is 0. The zero-order chi connectivity index (χ0) is 10.9. The van der Waals surface area contributed by atoms with E-state index < -0.39 is 0 Å². The Balaban J connectivity index is 2.41. The fourth-order valence-electron chi connectivity index (χ4n) is 1.95. The van der Waals surface area contributed by atoms with Crippen LogP contribution in [0, 0.1) is 11.3 Å². The number of nitrogens with zero attached hydrogens (tertiary/aromatic N) is 1. The molecule has 0 N–H and O–H groups in total. The SMILES string of the molecule is COc1cc(C2(C#N)CCC2)ccc1Br. The Hall–Kier alpha value is -1.01. The average molecular weight is 266 g/mol. The summed E-state index contributed by atoms with van der Waals surface area (Å²) >= 11 is 3.41. The predicted molar refractivity (Wildman–Crippen MR) is 61.8 cm³/mol. The first-order valence-corrected chi connectivity index (χ1v) is 5.76. The predicted octanol–water partition coefficient (Wildman–Crippen LogP) is 3.40. The van der Waals surface area contributed by atoms with Gasteiger partial charge in [-0.05, 0) is 52.9 Å². The highest BCUT2D eigenvalue weighted by molar-refractivity contribution is 9.10. The summed E-state index contributed by atoms with van der Waals surface area (Å²) in [5, 5.41) is 9.22. The molecule has 0 heterocycles. The van der Waals surface area contributed by atoms with E-state index in [-0.39, 0.29) is 5.41 Å². The van der Waals surface area contributed by atoms with E-state index in [0.29, 0.717) is 0 Å². The second-order valence-electron chi connectivity index (χ2n) is 3.90. The number of methoxy groups -OCH3 is 1. The Morgan fingerprint density at radius 2 is 2.20 bits per heavy atom. The van der Waals surface area contributed by atoms with Gasteiger partial charge in [-0.2, -0.15) is 5.26 Å². The van der Waals surface area contributed by atoms with Crippen molar-refractivity contribution in [3.05, 3.63) is 28.2 Å². The van der Waals surface area contributed by atoms with Gasteiger partial charge in [0, 0.05) is 0 Å². The van der Waals surface area contributed by atoms with Crippen LogP contribution in [0.1, 0.15) is 24.8 Å². The van der Waals surface area contributed by atoms with E-state index in [1.165, 1.54) is 0 Å². The molecule has 0 unspecified atom stereocenters. The molecule has 0 atom stereocenters. The van der Waals surface area contributed by atoms with Gasteiger partial charge in [0.25, 0.3) is 0 Å². The number of benzene rings is 1. The summed E-state index contributed by atoms with van der Waals surface area (Å²) in [4.78, 5) is 0. The molecular formula is C12H12BrNO. The van der Waals surface area contributed by atoms with Crippen molar-refractivity contribution < 1.29 is 4.74 Å². The van der Waals surface area contributed by atoms with Gasteiger partial charge in [-0.15, -0.1) is 0 Å². The standard InChI is InChI=1S/C12H12BrNO/c1-15-11-7-9(3-4-10(11)13)12(8-14)5-2-6-12/h3-4,7H,2,5-6H2,1H3. The molecule has 0 spiro atoms. The van der Waals surface area contributed by atoms with E-state index in [1.807, 2.05) is 18.2 Å². The van der Waals surface area contributed by atoms with E-state index in [1.54, 1.807) is 7.11 Å². The fraction of sp³-hybridized carbons (Fsp3) is 0.417. The third-order valence-corrected chi connectivity index (χ3v) is 3.78. The maximum atomic E-state index is 9.22. The summed E-state index contributed by atoms with van der Waals surface area (Å²) in [5.74, 6) is 0.800. The molecule has 0 radical (unpaired) electrons. The van der Waals surface area contributed by atoms with Crippen LogP contribution in [0.15, 0.2) is 22.7 Å². The van der Waals surface area contributed by atoms with Crippen LogP contribution in [0.25, 0.3) is 0 Å². The highest BCUT2D eigenvalue weighted by atomic mass is 79.9. The quantitative estimate of drug-likeness (QED) is 0.821. The number of halogens is 1. The highest BCUT2D eigenvalue weighted by Gasteiger charge is 2.39. The summed E-state index contributed by atoms with van der Waals surface area (Å²) < 4.78 is 6.17. The van der Waals surface area contributed by atoms with Crippen LogP contribution in [0.5, 0.6) is 5.75 Å². The van der Waals surface area contributed by atoms with Crippen molar-refractivity contribution in [3.63, 3.8) is 0 Å². The molecule has 1 fully saturated rings. The first-order valence-electron chi connectivity index (χ1n) is 4.97. The van der Waals surface area contributed by atoms with Crippen molar-refractivity contribution in [2.75, 3.05) is 7.11 Å². The van der Waals surface area contributed by atoms with Crippen molar-refractivity contribution in [2.45, 2.75) is 24.7 Å². The van der Waals surface area contributed by atoms with E-state index in [0.717, 1.165) is 35.0 Å². The van der Waals surface area contributed by atoms with Crippen molar-refractivity contribution in [3.8, 4) is 11.8 Å². The molecule has 1 aromatic carbocycles. The second kappa shape index (κ2) is 3.86. The average Bonchev–Trinajstić information content (AvgIpc) is 2.19. The second-order valence-corrected chi connectivity index (χ2v) is 4.75. The van der Waals surface area contributed by atoms with Crippen molar-refractivity contribution in [1.82, 2.24) is 0 Å². The van der Waals surface area contributed by atoms with Gasteiger partial charge in [-0.3, -0.25) is 0 Å². The van der Waals surface area contributed by atoms with E-state index in [9.17, 15) is 5.26 Å². The lowest BCUT2D eigenvalue weighted by atomic mass is 9.65. The smallest absolute Gasteiger partial charge is 0.133 e. The summed E-state index contributed by atoms with van der Waals surface area (Å²) in [6.45, 7) is 0. The molecule has 1 aliphatic carbocycles. The molecule has 0 bridgehead atoms. The van der Waals surface area contributed by atoms with Crippen molar-refractivity contribution >= 4 is 15.9 Å². The van der Waals surface area contributed by atoms with Crippen LogP contribution in [0.2, 0.25) is 0 Å². The van der Waals surface area contributed by atoms with Crippen LogP contribution in [0.3, 0.4) is 0 Å². The van der Waals surface area contributed by atoms with Crippen molar-refractivity contribution in [2.24, 2.45) is 0 Å². The minimum Gasteiger partial charge on any atom is -0.496 e. The Labute approximate surface area is 98.0 Å². The zero-order valence-electron chi connectivity index (χ0n) is 8.59. The Bertz CT molecular complexity index is 418. The van der Waals surface area contributed by atoms with Crippen LogP contribution in [-0.2, 0) is 5.41 Å². The van der Waals surface area contributed by atoms with Gasteiger partial charge in [0.05, 0.1) is 23.1 Å². The molecule has 1 aromatic rings. The monoisotopic (exact) mass is 265 g/mol. The van der Waals surface area contributed by atoms with Crippen molar-refractivity contribution in [1.29, 1.82) is 5.26 Å². The van der Waals surface area contributed by atoms with Gasteiger partial charge >= 0.3 is 0 Å². The molecule has 15 heavy (non-hydrogen) atoms. The lowest BCUT2D eigenvalue weighted by Crippen LogP contribution is -2.32. The van der Waals surface area contributed by atoms with Crippen LogP contribution in [0.4, 0.5) is 0 Å². The van der Waals surface area contributed by atoms with E-state index in [2.05, 4.69) is 22.0 Å². The molecule has 2 nitrogen and oxygen atoms in total. The third kappa shape index (κ3) is 1.63. The normalized spacial score (nSPS) is 17.7. The van der Waals surface area contributed by atoms with Gasteiger partial charge in [0.15, 0.2) is 0 Å². The Kier molecular flexibility index (Phi) is 2.70. The highest BCUT2D eigenvalue weighted by Crippen LogP contribution is 2.44. The molecule has 0 amide bonds. The third-order valence-electron chi connectivity index (χ3n) is 3.12. The van der Waals surface area contributed by atoms with Gasteiger partial charge < -0.3 is 4.74 Å². The molecule has 1 aliphatic rings. The topological polar surface area (TPSA) is 33.0 Å². The summed E-state index contributed by atoms with van der Waals surface area (Å²) in [7, 11) is 1.64. The summed E-state index contributed by atoms with van der Waals surface area (Å²) in [5.41, 5.74) is 0.824. The van der Waals surface area contributed by atoms with Gasteiger partial charge in [0.1, 0.15) is 5.75 Å². The van der Waals surface area contributed by atoms with Gasteiger partial charge in [-0.1, -0.05) is 6.07 Å². The maximum Gasteiger partial charge on any atom is 0.133 e. The first-order chi connectivity index (χ1) is 7.22. The van der Waals surface area contributed by atoms with E-state index >= 15 is 0 Å². The fourth-order valence-corrected chi connectivity index (χ4v) is 2.36. The molecule has 0 saturated heterocycles. The lowest BCUT2D eigenvalue weighted by molar-refractivity contribution is 0.322. The van der Waals surface area contributed by atoms with Crippen LogP contribution >= 0.6 is 15.9 Å². The molecular weight excluding hydrogens is 254 g/mol. The lowest BCUT2D eigenvalue weighted by Gasteiger charge is -2.35. The van der Waals surface area contributed by atoms with E-state index in [4.69, 9.17) is 4.74 Å².